The van der Waals surface area contributed by atoms with Crippen molar-refractivity contribution in [1.82, 2.24) is 4.72 Å². The van der Waals surface area contributed by atoms with E-state index in [2.05, 4.69) is 4.72 Å². The molecule has 1 aliphatic carbocycles. The van der Waals surface area contributed by atoms with Crippen LogP contribution in [-0.2, 0) is 14.8 Å². The second-order valence-corrected chi connectivity index (χ2v) is 7.53. The van der Waals surface area contributed by atoms with Crippen molar-refractivity contribution in [1.29, 1.82) is 0 Å². The fourth-order valence-corrected chi connectivity index (χ4v) is 3.67. The van der Waals surface area contributed by atoms with Crippen molar-refractivity contribution in [2.24, 2.45) is 5.92 Å². The number of ether oxygens (including phenoxy) is 2. The highest BCUT2D eigenvalue weighted by Gasteiger charge is 2.21. The third-order valence-corrected chi connectivity index (χ3v) is 5.57. The zero-order chi connectivity index (χ0) is 16.9. The van der Waals surface area contributed by atoms with Crippen molar-refractivity contribution in [3.63, 3.8) is 0 Å². The number of carbonyl (C=O) groups is 1. The van der Waals surface area contributed by atoms with Gasteiger partial charge in [-0.2, -0.15) is 0 Å². The lowest BCUT2D eigenvalue weighted by molar-refractivity contribution is 0.0410. The molecule has 1 aromatic rings. The molecule has 23 heavy (non-hydrogen) atoms. The molecule has 6 nitrogen and oxygen atoms in total. The number of hydrogen-bond donors (Lipinski definition) is 1. The largest absolute Gasteiger partial charge is 0.495 e. The molecule has 0 aliphatic heterocycles. The van der Waals surface area contributed by atoms with Crippen LogP contribution < -0.4 is 9.46 Å². The van der Waals surface area contributed by atoms with E-state index in [0.717, 1.165) is 12.8 Å². The van der Waals surface area contributed by atoms with E-state index in [0.29, 0.717) is 12.5 Å². The van der Waals surface area contributed by atoms with E-state index in [1.165, 1.54) is 51.6 Å². The van der Waals surface area contributed by atoms with Crippen LogP contribution in [0.15, 0.2) is 23.1 Å². The number of rotatable bonds is 6. The van der Waals surface area contributed by atoms with Gasteiger partial charge in [0, 0.05) is 0 Å². The molecular formula is C16H23NO5S. The fourth-order valence-electron chi connectivity index (χ4n) is 2.75. The van der Waals surface area contributed by atoms with E-state index >= 15 is 0 Å². The summed E-state index contributed by atoms with van der Waals surface area (Å²) in [5.74, 6) is 0.0837. The minimum atomic E-state index is -3.72. The van der Waals surface area contributed by atoms with Crippen molar-refractivity contribution in [2.45, 2.75) is 37.0 Å². The van der Waals surface area contributed by atoms with E-state index in [1.54, 1.807) is 0 Å². The molecule has 0 radical (unpaired) electrons. The number of nitrogens with one attached hydrogen (secondary N) is 1. The molecule has 1 fully saturated rings. The van der Waals surface area contributed by atoms with E-state index in [9.17, 15) is 13.2 Å². The third-order valence-electron chi connectivity index (χ3n) is 4.13. The topological polar surface area (TPSA) is 81.7 Å². The van der Waals surface area contributed by atoms with E-state index in [1.807, 2.05) is 0 Å². The molecule has 1 saturated carbocycles. The van der Waals surface area contributed by atoms with Gasteiger partial charge in [-0.15, -0.1) is 0 Å². The first-order chi connectivity index (χ1) is 11.0. The van der Waals surface area contributed by atoms with Crippen LogP contribution in [0.1, 0.15) is 42.5 Å². The maximum Gasteiger partial charge on any atom is 0.338 e. The molecule has 0 bridgehead atoms. The minimum Gasteiger partial charge on any atom is -0.495 e. The first kappa shape index (κ1) is 17.7. The van der Waals surface area contributed by atoms with Crippen molar-refractivity contribution in [2.75, 3.05) is 20.8 Å². The number of benzene rings is 1. The average Bonchev–Trinajstić information content (AvgIpc) is 2.60. The van der Waals surface area contributed by atoms with Gasteiger partial charge in [0.15, 0.2) is 0 Å². The highest BCUT2D eigenvalue weighted by atomic mass is 32.2. The predicted molar refractivity (Wildman–Crippen MR) is 86.1 cm³/mol. The monoisotopic (exact) mass is 341 g/mol. The quantitative estimate of drug-likeness (QED) is 0.803. The van der Waals surface area contributed by atoms with Gasteiger partial charge in [-0.3, -0.25) is 0 Å². The second-order valence-electron chi connectivity index (χ2n) is 5.68. The first-order valence-corrected chi connectivity index (χ1v) is 9.25. The van der Waals surface area contributed by atoms with Gasteiger partial charge in [-0.1, -0.05) is 19.3 Å². The van der Waals surface area contributed by atoms with Gasteiger partial charge < -0.3 is 9.47 Å². The Morgan fingerprint density at radius 2 is 1.96 bits per heavy atom. The molecule has 0 spiro atoms. The van der Waals surface area contributed by atoms with Crippen LogP contribution in [0.2, 0.25) is 0 Å². The lowest BCUT2D eigenvalue weighted by atomic mass is 9.90. The zero-order valence-corrected chi connectivity index (χ0v) is 14.3. The minimum absolute atomic E-state index is 0.0744. The number of hydrogen-bond acceptors (Lipinski definition) is 5. The van der Waals surface area contributed by atoms with Crippen molar-refractivity contribution >= 4 is 16.0 Å². The van der Waals surface area contributed by atoms with Crippen molar-refractivity contribution in [3.8, 4) is 5.75 Å². The van der Waals surface area contributed by atoms with E-state index in [-0.39, 0.29) is 16.2 Å². The van der Waals surface area contributed by atoms with Gasteiger partial charge in [-0.05, 0) is 44.0 Å². The molecule has 0 aromatic heterocycles. The number of esters is 1. The number of carbonyl (C=O) groups excluding carboxylic acids is 1. The lowest BCUT2D eigenvalue weighted by Crippen LogP contribution is -2.20. The lowest BCUT2D eigenvalue weighted by Gasteiger charge is -2.21. The summed E-state index contributed by atoms with van der Waals surface area (Å²) >= 11 is 0. The van der Waals surface area contributed by atoms with Gasteiger partial charge in [0.1, 0.15) is 10.6 Å². The second kappa shape index (κ2) is 7.79. The Morgan fingerprint density at radius 1 is 1.26 bits per heavy atom. The molecule has 0 unspecified atom stereocenters. The normalized spacial score (nSPS) is 16.1. The summed E-state index contributed by atoms with van der Waals surface area (Å²) in [6, 6.07) is 4.26. The Hall–Kier alpha value is -1.60. The molecule has 0 saturated heterocycles. The maximum atomic E-state index is 12.2. The summed E-state index contributed by atoms with van der Waals surface area (Å²) in [5.41, 5.74) is 0.204. The van der Waals surface area contributed by atoms with Crippen LogP contribution in [0.4, 0.5) is 0 Å². The zero-order valence-electron chi connectivity index (χ0n) is 13.5. The number of methoxy groups -OCH3 is 1. The Kier molecular flexibility index (Phi) is 6.01. The molecule has 7 heteroatoms. The summed E-state index contributed by atoms with van der Waals surface area (Å²) in [6.07, 6.45) is 5.75. The fraction of sp³-hybridized carbons (Fsp3) is 0.562. The molecule has 1 N–H and O–H groups in total. The number of sulfonamides is 1. The standard InChI is InChI=1S/C16H23NO5S/c1-17-23(19,20)15-10-13(8-9-14(15)21-2)16(18)22-11-12-6-4-3-5-7-12/h8-10,12,17H,3-7,11H2,1-2H3. The first-order valence-electron chi connectivity index (χ1n) is 7.76. The maximum absolute atomic E-state index is 12.2. The van der Waals surface area contributed by atoms with Crippen LogP contribution in [0, 0.1) is 5.92 Å². The third kappa shape index (κ3) is 4.45. The van der Waals surface area contributed by atoms with Crippen molar-refractivity contribution < 1.29 is 22.7 Å². The van der Waals surface area contributed by atoms with Gasteiger partial charge >= 0.3 is 5.97 Å². The Balaban J connectivity index is 2.12. The van der Waals surface area contributed by atoms with Gasteiger partial charge in [0.2, 0.25) is 10.0 Å². The Morgan fingerprint density at radius 3 is 2.57 bits per heavy atom. The average molecular weight is 341 g/mol. The molecule has 0 atom stereocenters. The van der Waals surface area contributed by atoms with E-state index in [4.69, 9.17) is 9.47 Å². The summed E-state index contributed by atoms with van der Waals surface area (Å²) in [4.78, 5) is 12.1. The highest BCUT2D eigenvalue weighted by Crippen LogP contribution is 2.26. The summed E-state index contributed by atoms with van der Waals surface area (Å²) < 4.78 is 36.7. The Labute approximate surface area is 137 Å². The predicted octanol–water partition coefficient (Wildman–Crippen LogP) is 2.34. The smallest absolute Gasteiger partial charge is 0.338 e. The van der Waals surface area contributed by atoms with Gasteiger partial charge in [0.05, 0.1) is 19.3 Å². The molecule has 1 aromatic carbocycles. The van der Waals surface area contributed by atoms with Crippen LogP contribution in [-0.4, -0.2) is 35.2 Å². The molecule has 1 aliphatic rings. The highest BCUT2D eigenvalue weighted by molar-refractivity contribution is 7.89. The van der Waals surface area contributed by atoms with E-state index < -0.39 is 16.0 Å². The SMILES string of the molecule is CNS(=O)(=O)c1cc(C(=O)OCC2CCCCC2)ccc1OC. The summed E-state index contributed by atoms with van der Waals surface area (Å²) in [5, 5.41) is 0. The summed E-state index contributed by atoms with van der Waals surface area (Å²) in [6.45, 7) is 0.388. The van der Waals surface area contributed by atoms with Crippen molar-refractivity contribution in [3.05, 3.63) is 23.8 Å². The molecular weight excluding hydrogens is 318 g/mol. The summed E-state index contributed by atoms with van der Waals surface area (Å²) in [7, 11) is -1.03. The van der Waals surface area contributed by atoms with Crippen LogP contribution in [0.25, 0.3) is 0 Å². The van der Waals surface area contributed by atoms with Gasteiger partial charge in [-0.25, -0.2) is 17.9 Å². The van der Waals surface area contributed by atoms with Crippen LogP contribution >= 0.6 is 0 Å². The molecule has 2 rings (SSSR count). The molecule has 0 amide bonds. The molecule has 0 heterocycles. The Bertz CT molecular complexity index is 650. The van der Waals surface area contributed by atoms with Crippen LogP contribution in [0.5, 0.6) is 5.75 Å². The van der Waals surface area contributed by atoms with Gasteiger partial charge in [0.25, 0.3) is 0 Å². The van der Waals surface area contributed by atoms with Crippen LogP contribution in [0.3, 0.4) is 0 Å². The molecule has 128 valence electrons.